The molecule has 1 aromatic carbocycles. The van der Waals surface area contributed by atoms with Crippen molar-refractivity contribution in [1.82, 2.24) is 4.90 Å². The van der Waals surface area contributed by atoms with Crippen LogP contribution in [0, 0.1) is 10.1 Å². The number of esters is 1. The van der Waals surface area contributed by atoms with Crippen LogP contribution in [-0.2, 0) is 14.3 Å². The van der Waals surface area contributed by atoms with E-state index in [0.29, 0.717) is 11.8 Å². The molecule has 0 saturated carbocycles. The van der Waals surface area contributed by atoms with Crippen molar-refractivity contribution in [3.8, 4) is 11.5 Å². The molecule has 144 valence electrons. The lowest BCUT2D eigenvalue weighted by Crippen LogP contribution is -2.42. The highest BCUT2D eigenvalue weighted by atomic mass is 32.2. The number of rotatable bonds is 6. The largest absolute Gasteiger partial charge is 0.493 e. The van der Waals surface area contributed by atoms with E-state index in [1.54, 1.807) is 0 Å². The van der Waals surface area contributed by atoms with E-state index in [4.69, 9.17) is 9.47 Å². The summed E-state index contributed by atoms with van der Waals surface area (Å²) in [4.78, 5) is 47.7. The third-order valence-electron chi connectivity index (χ3n) is 3.77. The number of thioether (sulfide) groups is 1. The third-order valence-corrected chi connectivity index (χ3v) is 4.65. The van der Waals surface area contributed by atoms with Gasteiger partial charge in [0.1, 0.15) is 6.04 Å². The molecule has 10 nitrogen and oxygen atoms in total. The molecule has 11 heteroatoms. The number of imide groups is 1. The van der Waals surface area contributed by atoms with Crippen LogP contribution < -0.4 is 9.47 Å². The van der Waals surface area contributed by atoms with Gasteiger partial charge in [0.15, 0.2) is 11.5 Å². The number of carbonyl (C=O) groups is 3. The van der Waals surface area contributed by atoms with Crippen molar-refractivity contribution < 1.29 is 33.5 Å². The van der Waals surface area contributed by atoms with Crippen molar-refractivity contribution in [1.29, 1.82) is 0 Å². The summed E-state index contributed by atoms with van der Waals surface area (Å²) in [5.74, 6) is -1.13. The molecule has 0 aliphatic carbocycles. The molecule has 0 unspecified atom stereocenters. The van der Waals surface area contributed by atoms with Crippen molar-refractivity contribution in [2.45, 2.75) is 13.0 Å². The minimum absolute atomic E-state index is 0.0499. The zero-order valence-electron chi connectivity index (χ0n) is 14.9. The van der Waals surface area contributed by atoms with Crippen LogP contribution in [0.2, 0.25) is 0 Å². The van der Waals surface area contributed by atoms with Crippen molar-refractivity contribution in [2.75, 3.05) is 21.3 Å². The molecule has 2 amide bonds. The predicted molar refractivity (Wildman–Crippen MR) is 95.5 cm³/mol. The number of hydrogen-bond donors (Lipinski definition) is 0. The summed E-state index contributed by atoms with van der Waals surface area (Å²) in [5.41, 5.74) is -0.283. The van der Waals surface area contributed by atoms with Crippen LogP contribution in [0.15, 0.2) is 17.0 Å². The molecular weight excluding hydrogens is 380 g/mol. The van der Waals surface area contributed by atoms with Gasteiger partial charge in [-0.05, 0) is 30.8 Å². The number of methoxy groups -OCH3 is 3. The lowest BCUT2D eigenvalue weighted by Gasteiger charge is -2.18. The van der Waals surface area contributed by atoms with Gasteiger partial charge in [0.2, 0.25) is 0 Å². The van der Waals surface area contributed by atoms with Crippen LogP contribution in [-0.4, -0.2) is 54.3 Å². The van der Waals surface area contributed by atoms with Crippen LogP contribution in [0.4, 0.5) is 10.5 Å². The molecule has 2 rings (SSSR count). The van der Waals surface area contributed by atoms with Crippen LogP contribution in [0.3, 0.4) is 0 Å². The summed E-state index contributed by atoms with van der Waals surface area (Å²) >= 11 is 0.573. The van der Waals surface area contributed by atoms with E-state index in [1.807, 2.05) is 0 Å². The Morgan fingerprint density at radius 1 is 1.22 bits per heavy atom. The van der Waals surface area contributed by atoms with Crippen LogP contribution in [0.5, 0.6) is 11.5 Å². The summed E-state index contributed by atoms with van der Waals surface area (Å²) in [5, 5.41) is 10.7. The maximum atomic E-state index is 12.5. The molecule has 1 aliphatic heterocycles. The molecule has 0 aromatic heterocycles. The average Bonchev–Trinajstić information content (AvgIpc) is 2.92. The van der Waals surface area contributed by atoms with Gasteiger partial charge < -0.3 is 14.2 Å². The number of benzene rings is 1. The minimum Gasteiger partial charge on any atom is -0.493 e. The van der Waals surface area contributed by atoms with Gasteiger partial charge in [-0.3, -0.25) is 24.6 Å². The quantitative estimate of drug-likeness (QED) is 0.308. The fraction of sp³-hybridized carbons (Fsp3) is 0.312. The highest BCUT2D eigenvalue weighted by molar-refractivity contribution is 8.18. The molecule has 1 aromatic rings. The number of nitro groups is 1. The first kappa shape index (κ1) is 20.2. The predicted octanol–water partition coefficient (Wildman–Crippen LogP) is 2.21. The Kier molecular flexibility index (Phi) is 6.05. The van der Waals surface area contributed by atoms with Crippen LogP contribution in [0.25, 0.3) is 6.08 Å². The van der Waals surface area contributed by atoms with Gasteiger partial charge in [-0.2, -0.15) is 0 Å². The standard InChI is InChI=1S/C16H16N2O8S/c1-8(15(20)26-4)17-14(19)13(27-16(17)21)6-9-5-11(24-2)12(25-3)7-10(9)18(22)23/h5-8H,1-4H3/b13-6-/t8-/m0/s1. The number of nitro benzene ring substituents is 1. The second-order valence-electron chi connectivity index (χ2n) is 5.27. The summed E-state index contributed by atoms with van der Waals surface area (Å²) in [6, 6.07) is 1.37. The maximum absolute atomic E-state index is 12.5. The number of carbonyl (C=O) groups excluding carboxylic acids is 3. The van der Waals surface area contributed by atoms with E-state index in [2.05, 4.69) is 4.74 Å². The molecule has 1 aliphatic rings. The first-order chi connectivity index (χ1) is 12.7. The van der Waals surface area contributed by atoms with Gasteiger partial charge >= 0.3 is 5.97 Å². The topological polar surface area (TPSA) is 125 Å². The molecule has 1 saturated heterocycles. The highest BCUT2D eigenvalue weighted by Crippen LogP contribution is 2.39. The number of amides is 2. The molecule has 27 heavy (non-hydrogen) atoms. The molecule has 0 radical (unpaired) electrons. The van der Waals surface area contributed by atoms with E-state index >= 15 is 0 Å². The second kappa shape index (κ2) is 8.08. The maximum Gasteiger partial charge on any atom is 0.328 e. The van der Waals surface area contributed by atoms with E-state index in [0.717, 1.165) is 18.1 Å². The zero-order chi connectivity index (χ0) is 20.3. The Labute approximate surface area is 158 Å². The van der Waals surface area contributed by atoms with Gasteiger partial charge in [0.25, 0.3) is 16.8 Å². The fourth-order valence-corrected chi connectivity index (χ4v) is 3.29. The van der Waals surface area contributed by atoms with Gasteiger partial charge in [0.05, 0.1) is 42.8 Å². The van der Waals surface area contributed by atoms with Crippen molar-refractivity contribution in [3.05, 3.63) is 32.7 Å². The Morgan fingerprint density at radius 2 is 1.81 bits per heavy atom. The van der Waals surface area contributed by atoms with Crippen molar-refractivity contribution >= 4 is 40.6 Å². The third kappa shape index (κ3) is 3.87. The first-order valence-corrected chi connectivity index (χ1v) is 8.32. The van der Waals surface area contributed by atoms with E-state index in [1.165, 1.54) is 33.3 Å². The van der Waals surface area contributed by atoms with E-state index in [9.17, 15) is 24.5 Å². The van der Waals surface area contributed by atoms with Gasteiger partial charge in [-0.1, -0.05) is 0 Å². The number of hydrogen-bond acceptors (Lipinski definition) is 9. The monoisotopic (exact) mass is 396 g/mol. The molecule has 0 N–H and O–H groups in total. The molecule has 1 heterocycles. The number of nitrogens with zero attached hydrogens (tertiary/aromatic N) is 2. The summed E-state index contributed by atoms with van der Waals surface area (Å²) in [7, 11) is 3.83. The lowest BCUT2D eigenvalue weighted by molar-refractivity contribution is -0.385. The molecule has 1 fully saturated rings. The zero-order valence-corrected chi connectivity index (χ0v) is 15.7. The average molecular weight is 396 g/mol. The Bertz CT molecular complexity index is 851. The van der Waals surface area contributed by atoms with Crippen LogP contribution in [0.1, 0.15) is 12.5 Å². The summed E-state index contributed by atoms with van der Waals surface area (Å²) in [6.07, 6.45) is 1.20. The fourth-order valence-electron chi connectivity index (χ4n) is 2.39. The van der Waals surface area contributed by atoms with Crippen LogP contribution >= 0.6 is 11.8 Å². The Balaban J connectivity index is 2.50. The normalized spacial score (nSPS) is 16.4. The van der Waals surface area contributed by atoms with Gasteiger partial charge in [0, 0.05) is 0 Å². The Hall–Kier alpha value is -3.08. The second-order valence-corrected chi connectivity index (χ2v) is 6.27. The number of ether oxygens (including phenoxy) is 3. The van der Waals surface area contributed by atoms with Gasteiger partial charge in [-0.25, -0.2) is 4.79 Å². The van der Waals surface area contributed by atoms with Crippen molar-refractivity contribution in [2.24, 2.45) is 0 Å². The molecule has 1 atom stereocenters. The SMILES string of the molecule is COC(=O)[C@H](C)N1C(=O)S/C(=C\c2cc(OC)c(OC)cc2[N+](=O)[O-])C1=O. The van der Waals surface area contributed by atoms with E-state index in [-0.39, 0.29) is 27.7 Å². The smallest absolute Gasteiger partial charge is 0.328 e. The molecule has 0 spiro atoms. The van der Waals surface area contributed by atoms with Gasteiger partial charge in [-0.15, -0.1) is 0 Å². The van der Waals surface area contributed by atoms with Crippen molar-refractivity contribution in [3.63, 3.8) is 0 Å². The summed E-state index contributed by atoms with van der Waals surface area (Å²) in [6.45, 7) is 1.35. The summed E-state index contributed by atoms with van der Waals surface area (Å²) < 4.78 is 14.7. The Morgan fingerprint density at radius 3 is 2.33 bits per heavy atom. The van der Waals surface area contributed by atoms with E-state index < -0.39 is 28.1 Å². The highest BCUT2D eigenvalue weighted by Gasteiger charge is 2.41. The first-order valence-electron chi connectivity index (χ1n) is 7.50. The molecular formula is C16H16N2O8S. The molecule has 0 bridgehead atoms. The lowest BCUT2D eigenvalue weighted by atomic mass is 10.1. The minimum atomic E-state index is -1.12.